The zero-order valence-electron chi connectivity index (χ0n) is 15.9. The first-order valence-corrected chi connectivity index (χ1v) is 9.25. The molecule has 0 unspecified atom stereocenters. The standard InChI is InChI=1S/C21H21F3N2O3/c1-29-20(28)14-5-10-18(26-11-3-2-4-12-26)17(13-14)19(27)25-16-8-6-15(7-9-16)21(22,23)24/h5-10,13H,2-4,11-12H2,1H3,(H,25,27). The number of alkyl halides is 3. The first-order chi connectivity index (χ1) is 13.8. The minimum absolute atomic E-state index is 0.228. The third-order valence-corrected chi connectivity index (χ3v) is 4.83. The summed E-state index contributed by atoms with van der Waals surface area (Å²) in [5, 5.41) is 2.62. The molecule has 29 heavy (non-hydrogen) atoms. The van der Waals surface area contributed by atoms with E-state index in [9.17, 15) is 22.8 Å². The Morgan fingerprint density at radius 3 is 2.24 bits per heavy atom. The van der Waals surface area contributed by atoms with Crippen LogP contribution in [-0.2, 0) is 10.9 Å². The summed E-state index contributed by atoms with van der Waals surface area (Å²) < 4.78 is 42.9. The van der Waals surface area contributed by atoms with Crippen LogP contribution < -0.4 is 10.2 Å². The number of halogens is 3. The zero-order valence-corrected chi connectivity index (χ0v) is 15.9. The zero-order chi connectivity index (χ0) is 21.0. The number of anilines is 2. The number of esters is 1. The van der Waals surface area contributed by atoms with Crippen LogP contribution in [0.15, 0.2) is 42.5 Å². The Morgan fingerprint density at radius 2 is 1.66 bits per heavy atom. The Hall–Kier alpha value is -3.03. The summed E-state index contributed by atoms with van der Waals surface area (Å²) in [6.45, 7) is 1.58. The van der Waals surface area contributed by atoms with Crippen molar-refractivity contribution >= 4 is 23.3 Å². The molecular formula is C21H21F3N2O3. The van der Waals surface area contributed by atoms with Crippen molar-refractivity contribution in [1.82, 2.24) is 0 Å². The molecule has 2 aromatic carbocycles. The van der Waals surface area contributed by atoms with Gasteiger partial charge in [-0.05, 0) is 61.7 Å². The summed E-state index contributed by atoms with van der Waals surface area (Å²) in [4.78, 5) is 26.9. The van der Waals surface area contributed by atoms with Crippen molar-refractivity contribution in [3.63, 3.8) is 0 Å². The van der Waals surface area contributed by atoms with Gasteiger partial charge in [0.25, 0.3) is 5.91 Å². The predicted octanol–water partition coefficient (Wildman–Crippen LogP) is 4.73. The number of nitrogens with zero attached hydrogens (tertiary/aromatic N) is 1. The fraction of sp³-hybridized carbons (Fsp3) is 0.333. The largest absolute Gasteiger partial charge is 0.465 e. The van der Waals surface area contributed by atoms with Gasteiger partial charge in [-0.2, -0.15) is 13.2 Å². The van der Waals surface area contributed by atoms with E-state index in [1.54, 1.807) is 12.1 Å². The van der Waals surface area contributed by atoms with Gasteiger partial charge >= 0.3 is 12.1 Å². The summed E-state index contributed by atoms with van der Waals surface area (Å²) >= 11 is 0. The Morgan fingerprint density at radius 1 is 1.00 bits per heavy atom. The van der Waals surface area contributed by atoms with Gasteiger partial charge in [-0.3, -0.25) is 4.79 Å². The number of amides is 1. The van der Waals surface area contributed by atoms with Gasteiger partial charge in [-0.15, -0.1) is 0 Å². The van der Waals surface area contributed by atoms with E-state index in [-0.39, 0.29) is 16.8 Å². The molecule has 1 fully saturated rings. The molecule has 0 saturated carbocycles. The van der Waals surface area contributed by atoms with Crippen LogP contribution in [0.5, 0.6) is 0 Å². The van der Waals surface area contributed by atoms with E-state index < -0.39 is 23.6 Å². The van der Waals surface area contributed by atoms with Crippen molar-refractivity contribution in [2.75, 3.05) is 30.4 Å². The number of carbonyl (C=O) groups is 2. The molecule has 3 rings (SSSR count). The number of hydrogen-bond acceptors (Lipinski definition) is 4. The molecule has 1 saturated heterocycles. The number of hydrogen-bond donors (Lipinski definition) is 1. The molecule has 0 aromatic heterocycles. The predicted molar refractivity (Wildman–Crippen MR) is 103 cm³/mol. The van der Waals surface area contributed by atoms with Gasteiger partial charge < -0.3 is 15.0 Å². The maximum atomic E-state index is 12.9. The minimum Gasteiger partial charge on any atom is -0.465 e. The highest BCUT2D eigenvalue weighted by atomic mass is 19.4. The molecule has 1 heterocycles. The second kappa shape index (κ2) is 8.55. The van der Waals surface area contributed by atoms with Gasteiger partial charge in [0.1, 0.15) is 0 Å². The summed E-state index contributed by atoms with van der Waals surface area (Å²) in [6.07, 6.45) is -1.33. The lowest BCUT2D eigenvalue weighted by molar-refractivity contribution is -0.137. The van der Waals surface area contributed by atoms with Crippen LogP contribution in [0.4, 0.5) is 24.5 Å². The molecule has 0 bridgehead atoms. The summed E-state index contributed by atoms with van der Waals surface area (Å²) in [6, 6.07) is 8.98. The molecule has 0 atom stereocenters. The molecule has 1 amide bonds. The van der Waals surface area contributed by atoms with Gasteiger partial charge in [-0.25, -0.2) is 4.79 Å². The normalized spacial score (nSPS) is 14.4. The second-order valence-electron chi connectivity index (χ2n) is 6.80. The number of ether oxygens (including phenoxy) is 1. The van der Waals surface area contributed by atoms with Crippen LogP contribution in [0.2, 0.25) is 0 Å². The summed E-state index contributed by atoms with van der Waals surface area (Å²) in [5.74, 6) is -1.07. The van der Waals surface area contributed by atoms with Crippen LogP contribution >= 0.6 is 0 Å². The number of rotatable bonds is 4. The third kappa shape index (κ3) is 4.88. The Bertz CT molecular complexity index is 889. The maximum Gasteiger partial charge on any atom is 0.416 e. The smallest absolute Gasteiger partial charge is 0.416 e. The Balaban J connectivity index is 1.89. The first-order valence-electron chi connectivity index (χ1n) is 9.25. The minimum atomic E-state index is -4.45. The van der Waals surface area contributed by atoms with E-state index in [0.717, 1.165) is 44.5 Å². The van der Waals surface area contributed by atoms with Crippen molar-refractivity contribution in [2.45, 2.75) is 25.4 Å². The van der Waals surface area contributed by atoms with Crippen molar-refractivity contribution in [1.29, 1.82) is 0 Å². The molecule has 2 aromatic rings. The molecule has 5 nitrogen and oxygen atoms in total. The summed E-state index contributed by atoms with van der Waals surface area (Å²) in [7, 11) is 1.25. The highest BCUT2D eigenvalue weighted by molar-refractivity contribution is 6.09. The quantitative estimate of drug-likeness (QED) is 0.746. The van der Waals surface area contributed by atoms with Gasteiger partial charge in [0, 0.05) is 24.5 Å². The molecule has 154 valence electrons. The SMILES string of the molecule is COC(=O)c1ccc(N2CCCCC2)c(C(=O)Nc2ccc(C(F)(F)F)cc2)c1. The topological polar surface area (TPSA) is 58.6 Å². The number of carbonyl (C=O) groups excluding carboxylic acids is 2. The van der Waals surface area contributed by atoms with E-state index >= 15 is 0 Å². The molecular weight excluding hydrogens is 385 g/mol. The van der Waals surface area contributed by atoms with E-state index in [1.165, 1.54) is 25.3 Å². The third-order valence-electron chi connectivity index (χ3n) is 4.83. The van der Waals surface area contributed by atoms with Crippen molar-refractivity contribution < 1.29 is 27.5 Å². The second-order valence-corrected chi connectivity index (χ2v) is 6.80. The van der Waals surface area contributed by atoms with Crippen molar-refractivity contribution in [3.8, 4) is 0 Å². The van der Waals surface area contributed by atoms with Gasteiger partial charge in [0.2, 0.25) is 0 Å². The number of benzene rings is 2. The van der Waals surface area contributed by atoms with E-state index in [1.807, 2.05) is 0 Å². The fourth-order valence-electron chi connectivity index (χ4n) is 3.31. The number of nitrogens with one attached hydrogen (secondary N) is 1. The van der Waals surface area contributed by atoms with Crippen molar-refractivity contribution in [3.05, 3.63) is 59.2 Å². The lowest BCUT2D eigenvalue weighted by atomic mass is 10.0. The number of methoxy groups -OCH3 is 1. The van der Waals surface area contributed by atoms with Gasteiger partial charge in [0.05, 0.1) is 23.8 Å². The maximum absolute atomic E-state index is 12.9. The van der Waals surface area contributed by atoms with Crippen LogP contribution in [-0.4, -0.2) is 32.1 Å². The van der Waals surface area contributed by atoms with Gasteiger partial charge in [0.15, 0.2) is 0 Å². The first kappa shape index (κ1) is 20.7. The van der Waals surface area contributed by atoms with Crippen LogP contribution in [0, 0.1) is 0 Å². The average molecular weight is 406 g/mol. The Labute approximate surface area is 166 Å². The fourth-order valence-corrected chi connectivity index (χ4v) is 3.31. The van der Waals surface area contributed by atoms with Crippen LogP contribution in [0.25, 0.3) is 0 Å². The molecule has 0 radical (unpaired) electrons. The number of piperidine rings is 1. The molecule has 0 aliphatic carbocycles. The van der Waals surface area contributed by atoms with Crippen LogP contribution in [0.3, 0.4) is 0 Å². The lowest BCUT2D eigenvalue weighted by Crippen LogP contribution is -2.31. The van der Waals surface area contributed by atoms with E-state index in [4.69, 9.17) is 4.74 Å². The van der Waals surface area contributed by atoms with E-state index in [2.05, 4.69) is 10.2 Å². The van der Waals surface area contributed by atoms with E-state index in [0.29, 0.717) is 5.69 Å². The Kier molecular flexibility index (Phi) is 6.10. The highest BCUT2D eigenvalue weighted by Gasteiger charge is 2.30. The molecule has 8 heteroatoms. The van der Waals surface area contributed by atoms with Crippen molar-refractivity contribution in [2.24, 2.45) is 0 Å². The molecule has 0 spiro atoms. The monoisotopic (exact) mass is 406 g/mol. The van der Waals surface area contributed by atoms with Gasteiger partial charge in [-0.1, -0.05) is 0 Å². The lowest BCUT2D eigenvalue weighted by Gasteiger charge is -2.30. The summed E-state index contributed by atoms with van der Waals surface area (Å²) in [5.41, 5.74) is 0.621. The molecule has 1 aliphatic rings. The molecule has 1 N–H and O–H groups in total. The molecule has 1 aliphatic heterocycles. The average Bonchev–Trinajstić information content (AvgIpc) is 2.73. The highest BCUT2D eigenvalue weighted by Crippen LogP contribution is 2.30. The van der Waals surface area contributed by atoms with Crippen LogP contribution in [0.1, 0.15) is 45.5 Å².